The number of halogens is 1. The maximum Gasteiger partial charge on any atom is 0.254 e. The highest BCUT2D eigenvalue weighted by Gasteiger charge is 2.24. The SMILES string of the molecule is CN(CCC#N)C(=O)CN1CCN(C(=O)c2cccc(F)c2)CC1. The van der Waals surface area contributed by atoms with E-state index in [1.54, 1.807) is 22.9 Å². The topological polar surface area (TPSA) is 67.7 Å². The molecular formula is C17H21FN4O2. The predicted octanol–water partition coefficient (Wildman–Crippen LogP) is 0.956. The van der Waals surface area contributed by atoms with Crippen molar-refractivity contribution >= 4 is 11.8 Å². The summed E-state index contributed by atoms with van der Waals surface area (Å²) in [7, 11) is 1.68. The second kappa shape index (κ2) is 8.41. The minimum absolute atomic E-state index is 0.0323. The van der Waals surface area contributed by atoms with E-state index in [1.165, 1.54) is 18.2 Å². The molecule has 24 heavy (non-hydrogen) atoms. The van der Waals surface area contributed by atoms with Crippen LogP contribution < -0.4 is 0 Å². The monoisotopic (exact) mass is 332 g/mol. The number of nitriles is 1. The number of likely N-dealkylation sites (N-methyl/N-ethyl adjacent to an activating group) is 1. The Bertz CT molecular complexity index is 636. The fraction of sp³-hybridized carbons (Fsp3) is 0.471. The van der Waals surface area contributed by atoms with E-state index in [9.17, 15) is 14.0 Å². The molecule has 0 spiro atoms. The van der Waals surface area contributed by atoms with Crippen LogP contribution in [0.25, 0.3) is 0 Å². The lowest BCUT2D eigenvalue weighted by molar-refractivity contribution is -0.131. The number of piperazine rings is 1. The number of amides is 2. The summed E-state index contributed by atoms with van der Waals surface area (Å²) in [5.74, 6) is -0.646. The third-order valence-electron chi connectivity index (χ3n) is 4.07. The van der Waals surface area contributed by atoms with Gasteiger partial charge in [-0.15, -0.1) is 0 Å². The van der Waals surface area contributed by atoms with Crippen LogP contribution in [0.3, 0.4) is 0 Å². The van der Waals surface area contributed by atoms with Crippen molar-refractivity contribution in [2.24, 2.45) is 0 Å². The van der Waals surface area contributed by atoms with Crippen molar-refractivity contribution in [1.82, 2.24) is 14.7 Å². The Balaban J connectivity index is 1.82. The molecule has 0 aliphatic carbocycles. The summed E-state index contributed by atoms with van der Waals surface area (Å²) in [6.07, 6.45) is 0.318. The number of rotatable bonds is 5. The van der Waals surface area contributed by atoms with Crippen LogP contribution in [0, 0.1) is 17.1 Å². The van der Waals surface area contributed by atoms with Crippen molar-refractivity contribution in [2.45, 2.75) is 6.42 Å². The number of nitrogens with zero attached hydrogens (tertiary/aromatic N) is 4. The maximum atomic E-state index is 13.2. The molecule has 7 heteroatoms. The van der Waals surface area contributed by atoms with Gasteiger partial charge in [-0.3, -0.25) is 14.5 Å². The molecule has 1 heterocycles. The van der Waals surface area contributed by atoms with Crippen LogP contribution in [0.4, 0.5) is 4.39 Å². The Kier molecular flexibility index (Phi) is 6.27. The molecule has 2 rings (SSSR count). The molecule has 0 aromatic heterocycles. The minimum atomic E-state index is -0.425. The Morgan fingerprint density at radius 3 is 2.62 bits per heavy atom. The molecule has 0 bridgehead atoms. The van der Waals surface area contributed by atoms with Crippen LogP contribution in [0.2, 0.25) is 0 Å². The van der Waals surface area contributed by atoms with Gasteiger partial charge in [0.05, 0.1) is 19.0 Å². The minimum Gasteiger partial charge on any atom is -0.344 e. The summed E-state index contributed by atoms with van der Waals surface area (Å²) in [5, 5.41) is 8.55. The van der Waals surface area contributed by atoms with Crippen molar-refractivity contribution in [3.63, 3.8) is 0 Å². The van der Waals surface area contributed by atoms with E-state index in [2.05, 4.69) is 0 Å². The molecule has 0 unspecified atom stereocenters. The van der Waals surface area contributed by atoms with E-state index in [0.717, 1.165) is 0 Å². The van der Waals surface area contributed by atoms with Gasteiger partial charge in [0.25, 0.3) is 5.91 Å². The van der Waals surface area contributed by atoms with Crippen molar-refractivity contribution in [3.05, 3.63) is 35.6 Å². The molecule has 0 atom stereocenters. The Labute approximate surface area is 141 Å². The van der Waals surface area contributed by atoms with E-state index >= 15 is 0 Å². The molecular weight excluding hydrogens is 311 g/mol. The normalized spacial score (nSPS) is 15.0. The van der Waals surface area contributed by atoms with Gasteiger partial charge in [-0.05, 0) is 18.2 Å². The standard InChI is InChI=1S/C17H21FN4O2/c1-20(7-3-6-19)16(23)13-21-8-10-22(11-9-21)17(24)14-4-2-5-15(18)12-14/h2,4-5,12H,3,7-11,13H2,1H3. The molecule has 0 radical (unpaired) electrons. The number of hydrogen-bond donors (Lipinski definition) is 0. The highest BCUT2D eigenvalue weighted by molar-refractivity contribution is 5.94. The third kappa shape index (κ3) is 4.77. The molecule has 2 amide bonds. The molecule has 6 nitrogen and oxygen atoms in total. The number of benzene rings is 1. The van der Waals surface area contributed by atoms with Gasteiger partial charge in [0.1, 0.15) is 5.82 Å². The number of carbonyl (C=O) groups is 2. The predicted molar refractivity (Wildman–Crippen MR) is 86.6 cm³/mol. The van der Waals surface area contributed by atoms with Gasteiger partial charge in [-0.2, -0.15) is 5.26 Å². The third-order valence-corrected chi connectivity index (χ3v) is 4.07. The van der Waals surface area contributed by atoms with Gasteiger partial charge >= 0.3 is 0 Å². The summed E-state index contributed by atoms with van der Waals surface area (Å²) in [5.41, 5.74) is 0.343. The van der Waals surface area contributed by atoms with Crippen molar-refractivity contribution < 1.29 is 14.0 Å². The summed E-state index contributed by atoms with van der Waals surface area (Å²) >= 11 is 0. The van der Waals surface area contributed by atoms with Gasteiger partial charge in [0, 0.05) is 45.3 Å². The smallest absolute Gasteiger partial charge is 0.254 e. The van der Waals surface area contributed by atoms with E-state index < -0.39 is 5.82 Å². The molecule has 1 aromatic rings. The molecule has 0 saturated carbocycles. The molecule has 128 valence electrons. The first kappa shape index (κ1) is 17.9. The van der Waals surface area contributed by atoms with Crippen LogP contribution in [0.1, 0.15) is 16.8 Å². The average Bonchev–Trinajstić information content (AvgIpc) is 2.59. The number of hydrogen-bond acceptors (Lipinski definition) is 4. The van der Waals surface area contributed by atoms with E-state index in [-0.39, 0.29) is 18.4 Å². The summed E-state index contributed by atoms with van der Waals surface area (Å²) in [6.45, 7) is 2.91. The van der Waals surface area contributed by atoms with Crippen LogP contribution in [-0.4, -0.2) is 72.8 Å². The molecule has 1 aromatic carbocycles. The van der Waals surface area contributed by atoms with Gasteiger partial charge in [-0.25, -0.2) is 4.39 Å². The number of carbonyl (C=O) groups excluding carboxylic acids is 2. The average molecular weight is 332 g/mol. The van der Waals surface area contributed by atoms with Gasteiger partial charge in [-0.1, -0.05) is 6.07 Å². The zero-order chi connectivity index (χ0) is 17.5. The largest absolute Gasteiger partial charge is 0.344 e. The quantitative estimate of drug-likeness (QED) is 0.805. The second-order valence-electron chi connectivity index (χ2n) is 5.80. The highest BCUT2D eigenvalue weighted by Crippen LogP contribution is 2.10. The second-order valence-corrected chi connectivity index (χ2v) is 5.80. The maximum absolute atomic E-state index is 13.2. The van der Waals surface area contributed by atoms with Crippen molar-refractivity contribution in [2.75, 3.05) is 46.3 Å². The summed E-state index contributed by atoms with van der Waals surface area (Å²) < 4.78 is 13.2. The Morgan fingerprint density at radius 1 is 1.29 bits per heavy atom. The van der Waals surface area contributed by atoms with E-state index in [0.29, 0.717) is 44.7 Å². The lowest BCUT2D eigenvalue weighted by Gasteiger charge is -2.35. The van der Waals surface area contributed by atoms with Gasteiger partial charge < -0.3 is 9.80 Å². The summed E-state index contributed by atoms with van der Waals surface area (Å²) in [4.78, 5) is 29.6. The van der Waals surface area contributed by atoms with Crippen LogP contribution in [0.15, 0.2) is 24.3 Å². The molecule has 1 fully saturated rings. The highest BCUT2D eigenvalue weighted by atomic mass is 19.1. The Morgan fingerprint density at radius 2 is 2.00 bits per heavy atom. The zero-order valence-electron chi connectivity index (χ0n) is 13.7. The van der Waals surface area contributed by atoms with Gasteiger partial charge in [0.15, 0.2) is 0 Å². The van der Waals surface area contributed by atoms with Crippen molar-refractivity contribution in [3.8, 4) is 6.07 Å². The summed E-state index contributed by atoms with van der Waals surface area (Å²) in [6, 6.07) is 7.69. The Hall–Kier alpha value is -2.46. The molecule has 1 aliphatic heterocycles. The van der Waals surface area contributed by atoms with E-state index in [4.69, 9.17) is 5.26 Å². The fourth-order valence-corrected chi connectivity index (χ4v) is 2.57. The molecule has 0 N–H and O–H groups in total. The first-order valence-corrected chi connectivity index (χ1v) is 7.89. The lowest BCUT2D eigenvalue weighted by atomic mass is 10.1. The first-order valence-electron chi connectivity index (χ1n) is 7.89. The molecule has 1 aliphatic rings. The van der Waals surface area contributed by atoms with Crippen LogP contribution in [0.5, 0.6) is 0 Å². The first-order chi connectivity index (χ1) is 11.5. The van der Waals surface area contributed by atoms with Crippen LogP contribution >= 0.6 is 0 Å². The molecule has 1 saturated heterocycles. The van der Waals surface area contributed by atoms with E-state index in [1.807, 2.05) is 11.0 Å². The van der Waals surface area contributed by atoms with Gasteiger partial charge in [0.2, 0.25) is 5.91 Å². The van der Waals surface area contributed by atoms with Crippen LogP contribution in [-0.2, 0) is 4.79 Å². The lowest BCUT2D eigenvalue weighted by Crippen LogP contribution is -2.51. The van der Waals surface area contributed by atoms with Crippen molar-refractivity contribution in [1.29, 1.82) is 5.26 Å². The fourth-order valence-electron chi connectivity index (χ4n) is 2.57. The zero-order valence-corrected chi connectivity index (χ0v) is 13.7.